The van der Waals surface area contributed by atoms with Crippen LogP contribution in [-0.2, 0) is 19.3 Å². The molecule has 0 spiro atoms. The summed E-state index contributed by atoms with van der Waals surface area (Å²) in [6.07, 6.45) is 7.39. The smallest absolute Gasteiger partial charge is 0.0316 e. The minimum absolute atomic E-state index is 0.0688. The number of fused-ring (bicyclic) bond motifs is 2. The van der Waals surface area contributed by atoms with Crippen molar-refractivity contribution in [2.24, 2.45) is 16.9 Å². The Hall–Kier alpha value is -3.30. The highest BCUT2D eigenvalue weighted by Gasteiger charge is 2.21. The quantitative estimate of drug-likeness (QED) is 0.358. The van der Waals surface area contributed by atoms with Gasteiger partial charge in [-0.25, -0.2) is 0 Å². The van der Waals surface area contributed by atoms with E-state index >= 15 is 0 Å². The second-order valence-corrected chi connectivity index (χ2v) is 9.28. The summed E-state index contributed by atoms with van der Waals surface area (Å²) in [7, 11) is 0. The van der Waals surface area contributed by atoms with Crippen LogP contribution in [0, 0.1) is 5.41 Å². The summed E-state index contributed by atoms with van der Waals surface area (Å²) in [4.78, 5) is 0. The van der Waals surface area contributed by atoms with Gasteiger partial charge in [0.1, 0.15) is 0 Å². The normalized spacial score (nSPS) is 14.8. The van der Waals surface area contributed by atoms with E-state index in [0.717, 1.165) is 36.9 Å². The summed E-state index contributed by atoms with van der Waals surface area (Å²) in [5, 5.41) is 0. The van der Waals surface area contributed by atoms with Gasteiger partial charge in [-0.05, 0) is 93.9 Å². The average molecular weight is 424 g/mol. The number of rotatable bonds is 7. The fourth-order valence-corrected chi connectivity index (χ4v) is 4.62. The number of nitrogen functional groups attached to an aromatic ring is 1. The third-order valence-corrected chi connectivity index (χ3v) is 6.68. The lowest BCUT2D eigenvalue weighted by atomic mass is 9.80. The zero-order chi connectivity index (χ0) is 22.7. The first-order valence-electron chi connectivity index (χ1n) is 11.3. The molecule has 164 valence electrons. The number of hydrogen-bond acceptors (Lipinski definition) is 3. The van der Waals surface area contributed by atoms with Crippen molar-refractivity contribution in [1.82, 2.24) is 0 Å². The van der Waals surface area contributed by atoms with Crippen LogP contribution in [0.4, 0.5) is 5.69 Å². The molecule has 0 radical (unpaired) electrons. The Bertz CT molecular complexity index is 1170. The van der Waals surface area contributed by atoms with Crippen molar-refractivity contribution in [3.8, 4) is 0 Å². The van der Waals surface area contributed by atoms with Gasteiger partial charge in [-0.3, -0.25) is 0 Å². The molecule has 1 atom stereocenters. The molecule has 0 heterocycles. The number of aryl methyl sites for hydroxylation is 1. The first kappa shape index (κ1) is 21.9. The molecule has 3 nitrogen and oxygen atoms in total. The zero-order valence-corrected chi connectivity index (χ0v) is 18.9. The molecule has 0 saturated carbocycles. The fraction of sp³-hybridized carbons (Fsp3) is 0.241. The molecule has 3 aromatic carbocycles. The molecule has 1 unspecified atom stereocenters. The van der Waals surface area contributed by atoms with Crippen LogP contribution in [0.5, 0.6) is 0 Å². The van der Waals surface area contributed by atoms with Gasteiger partial charge in [0.25, 0.3) is 0 Å². The Labute approximate surface area is 191 Å². The maximum Gasteiger partial charge on any atom is 0.0316 e. The van der Waals surface area contributed by atoms with Crippen LogP contribution in [0.15, 0.2) is 79.5 Å². The molecule has 0 amide bonds. The number of benzene rings is 3. The molecule has 0 aliphatic heterocycles. The largest absolute Gasteiger partial charge is 0.405 e. The van der Waals surface area contributed by atoms with Gasteiger partial charge < -0.3 is 17.2 Å². The van der Waals surface area contributed by atoms with Gasteiger partial charge in [-0.2, -0.15) is 0 Å². The SMILES string of the molecule is C=C1c2ccc(CCC(C)(/C=C/N)CN)cc2Cc2ccc(Cc3cccc(N)c3)cc21. The van der Waals surface area contributed by atoms with Gasteiger partial charge in [0, 0.05) is 12.2 Å². The Morgan fingerprint density at radius 2 is 1.72 bits per heavy atom. The maximum atomic E-state index is 5.98. The van der Waals surface area contributed by atoms with Gasteiger partial charge in [0.15, 0.2) is 0 Å². The average Bonchev–Trinajstić information content (AvgIpc) is 2.78. The number of anilines is 1. The summed E-state index contributed by atoms with van der Waals surface area (Å²) >= 11 is 0. The third kappa shape index (κ3) is 4.63. The highest BCUT2D eigenvalue weighted by atomic mass is 14.6. The molecular formula is C29H33N3. The van der Waals surface area contributed by atoms with Crippen LogP contribution in [0.1, 0.15) is 52.3 Å². The molecule has 0 saturated heterocycles. The van der Waals surface area contributed by atoms with Gasteiger partial charge in [0.2, 0.25) is 0 Å². The second kappa shape index (κ2) is 9.05. The summed E-state index contributed by atoms with van der Waals surface area (Å²) in [6, 6.07) is 21.7. The lowest BCUT2D eigenvalue weighted by Crippen LogP contribution is -2.26. The van der Waals surface area contributed by atoms with Crippen LogP contribution < -0.4 is 17.2 Å². The molecule has 0 fully saturated rings. The highest BCUT2D eigenvalue weighted by Crippen LogP contribution is 2.36. The highest BCUT2D eigenvalue weighted by molar-refractivity contribution is 5.84. The van der Waals surface area contributed by atoms with Gasteiger partial charge in [-0.1, -0.05) is 68.1 Å². The van der Waals surface area contributed by atoms with Crippen molar-refractivity contribution in [3.05, 3.63) is 118 Å². The summed E-state index contributed by atoms with van der Waals surface area (Å²) < 4.78 is 0. The van der Waals surface area contributed by atoms with E-state index in [4.69, 9.17) is 17.2 Å². The second-order valence-electron chi connectivity index (χ2n) is 9.28. The molecule has 4 rings (SSSR count). The van der Waals surface area contributed by atoms with E-state index in [1.807, 2.05) is 24.3 Å². The van der Waals surface area contributed by atoms with Crippen LogP contribution in [0.2, 0.25) is 0 Å². The lowest BCUT2D eigenvalue weighted by molar-refractivity contribution is 0.403. The summed E-state index contributed by atoms with van der Waals surface area (Å²) in [5.74, 6) is 0. The Morgan fingerprint density at radius 3 is 2.47 bits per heavy atom. The monoisotopic (exact) mass is 423 g/mol. The third-order valence-electron chi connectivity index (χ3n) is 6.68. The van der Waals surface area contributed by atoms with Crippen LogP contribution in [0.3, 0.4) is 0 Å². The van der Waals surface area contributed by atoms with Crippen molar-refractivity contribution in [3.63, 3.8) is 0 Å². The van der Waals surface area contributed by atoms with Gasteiger partial charge in [-0.15, -0.1) is 0 Å². The minimum Gasteiger partial charge on any atom is -0.405 e. The molecule has 6 N–H and O–H groups in total. The van der Waals surface area contributed by atoms with Crippen LogP contribution in [0.25, 0.3) is 5.57 Å². The molecule has 3 heteroatoms. The summed E-state index contributed by atoms with van der Waals surface area (Å²) in [6.45, 7) is 7.20. The van der Waals surface area contributed by atoms with E-state index in [2.05, 4.69) is 56.0 Å². The van der Waals surface area contributed by atoms with Gasteiger partial charge in [0.05, 0.1) is 0 Å². The van der Waals surface area contributed by atoms with Crippen molar-refractivity contribution >= 4 is 11.3 Å². The van der Waals surface area contributed by atoms with Crippen LogP contribution >= 0.6 is 0 Å². The number of nitrogens with two attached hydrogens (primary N) is 3. The van der Waals surface area contributed by atoms with E-state index in [9.17, 15) is 0 Å². The number of hydrogen-bond donors (Lipinski definition) is 3. The Kier molecular flexibility index (Phi) is 6.20. The lowest BCUT2D eigenvalue weighted by Gasteiger charge is -2.25. The molecule has 1 aliphatic carbocycles. The summed E-state index contributed by atoms with van der Waals surface area (Å²) in [5.41, 5.74) is 28.5. The molecular weight excluding hydrogens is 390 g/mol. The van der Waals surface area contributed by atoms with Crippen LogP contribution in [-0.4, -0.2) is 6.54 Å². The molecule has 3 aromatic rings. The molecule has 32 heavy (non-hydrogen) atoms. The van der Waals surface area contributed by atoms with E-state index in [1.165, 1.54) is 38.9 Å². The predicted molar refractivity (Wildman–Crippen MR) is 136 cm³/mol. The molecule has 1 aliphatic rings. The molecule has 0 bridgehead atoms. The van der Waals surface area contributed by atoms with Crippen molar-refractivity contribution in [1.29, 1.82) is 0 Å². The van der Waals surface area contributed by atoms with Crippen molar-refractivity contribution in [2.45, 2.75) is 32.6 Å². The van der Waals surface area contributed by atoms with Gasteiger partial charge >= 0.3 is 0 Å². The maximum absolute atomic E-state index is 5.98. The predicted octanol–water partition coefficient (Wildman–Crippen LogP) is 5.20. The van der Waals surface area contributed by atoms with E-state index in [-0.39, 0.29) is 5.41 Å². The van der Waals surface area contributed by atoms with E-state index in [0.29, 0.717) is 6.54 Å². The van der Waals surface area contributed by atoms with E-state index in [1.54, 1.807) is 6.20 Å². The fourth-order valence-electron chi connectivity index (χ4n) is 4.62. The standard InChI is InChI=1S/C29H33N3/c1-20-27-9-7-21(10-11-29(2,19-31)12-13-30)15-25(27)18-24-8-6-23(17-28(20)24)14-22-4-3-5-26(32)16-22/h3-9,12-13,15-17H,1,10-11,14,18-19,30-32H2,2H3/b13-12+. The van der Waals surface area contributed by atoms with Crippen molar-refractivity contribution in [2.75, 3.05) is 12.3 Å². The zero-order valence-electron chi connectivity index (χ0n) is 18.9. The Balaban J connectivity index is 1.54. The minimum atomic E-state index is -0.0688. The van der Waals surface area contributed by atoms with Crippen molar-refractivity contribution < 1.29 is 0 Å². The first-order chi connectivity index (χ1) is 15.4. The first-order valence-corrected chi connectivity index (χ1v) is 11.3. The Morgan fingerprint density at radius 1 is 0.938 bits per heavy atom. The van der Waals surface area contributed by atoms with E-state index < -0.39 is 0 Å². The topological polar surface area (TPSA) is 78.1 Å². The molecule has 0 aromatic heterocycles.